The van der Waals surface area contributed by atoms with Gasteiger partial charge in [-0.3, -0.25) is 14.8 Å². The van der Waals surface area contributed by atoms with Crippen LogP contribution in [0.1, 0.15) is 25.7 Å². The van der Waals surface area contributed by atoms with Crippen LogP contribution in [0, 0.1) is 10.8 Å². The third-order valence-corrected chi connectivity index (χ3v) is 5.22. The Labute approximate surface area is 114 Å². The van der Waals surface area contributed by atoms with Crippen molar-refractivity contribution in [1.82, 2.24) is 14.8 Å². The molecule has 4 heteroatoms. The Kier molecular flexibility index (Phi) is 2.22. The molecule has 1 aromatic heterocycles. The predicted molar refractivity (Wildman–Crippen MR) is 72.3 cm³/mol. The second-order valence-corrected chi connectivity index (χ2v) is 7.15. The number of hydrogen-bond acceptors (Lipinski definition) is 4. The topological polar surface area (TPSA) is 39.6 Å². The Balaban J connectivity index is 1.74. The molecule has 1 N–H and O–H groups in total. The molecule has 0 spiro atoms. The third-order valence-electron chi connectivity index (χ3n) is 5.22. The molecule has 4 bridgehead atoms. The highest BCUT2D eigenvalue weighted by Gasteiger charge is 2.62. The standard InChI is InChI=1S/C15H21N3O/c1-14-7-17-9-15(2,13(14)19)10-18(8-14)12(17)11-5-3-4-6-16-11/h3-6,12-13,19H,7-10H2,1-2H3. The summed E-state index contributed by atoms with van der Waals surface area (Å²) in [6.45, 7) is 8.34. The van der Waals surface area contributed by atoms with Gasteiger partial charge in [0.25, 0.3) is 0 Å². The number of aliphatic hydroxyl groups excluding tert-OH is 1. The summed E-state index contributed by atoms with van der Waals surface area (Å²) in [6.07, 6.45) is 1.99. The van der Waals surface area contributed by atoms with Gasteiger partial charge in [0.1, 0.15) is 6.17 Å². The fraction of sp³-hybridized carbons (Fsp3) is 0.667. The number of hydrogen-bond donors (Lipinski definition) is 1. The molecule has 5 heterocycles. The molecule has 0 saturated carbocycles. The van der Waals surface area contributed by atoms with Gasteiger partial charge in [-0.2, -0.15) is 0 Å². The van der Waals surface area contributed by atoms with Crippen LogP contribution in [0.15, 0.2) is 24.4 Å². The summed E-state index contributed by atoms with van der Waals surface area (Å²) in [5, 5.41) is 10.6. The van der Waals surface area contributed by atoms with E-state index in [2.05, 4.69) is 40.8 Å². The van der Waals surface area contributed by atoms with Crippen molar-refractivity contribution in [3.05, 3.63) is 30.1 Å². The molecule has 4 fully saturated rings. The van der Waals surface area contributed by atoms with E-state index in [0.29, 0.717) is 6.17 Å². The minimum atomic E-state index is -0.183. The first-order chi connectivity index (χ1) is 9.02. The zero-order chi connectivity index (χ0) is 13.3. The Bertz CT molecular complexity index is 465. The minimum Gasteiger partial charge on any atom is -0.392 e. The van der Waals surface area contributed by atoms with E-state index >= 15 is 0 Å². The Hall–Kier alpha value is -0.970. The predicted octanol–water partition coefficient (Wildman–Crippen LogP) is 1.10. The Morgan fingerprint density at radius 1 is 1.11 bits per heavy atom. The number of rotatable bonds is 1. The van der Waals surface area contributed by atoms with Crippen molar-refractivity contribution in [3.63, 3.8) is 0 Å². The first-order valence-corrected chi connectivity index (χ1v) is 7.09. The third kappa shape index (κ3) is 1.48. The molecule has 4 nitrogen and oxygen atoms in total. The summed E-state index contributed by atoms with van der Waals surface area (Å²) >= 11 is 0. The van der Waals surface area contributed by atoms with E-state index in [1.807, 2.05) is 12.3 Å². The lowest BCUT2D eigenvalue weighted by Crippen LogP contribution is -2.76. The molecular formula is C15H21N3O. The zero-order valence-electron chi connectivity index (χ0n) is 11.6. The van der Waals surface area contributed by atoms with Crippen LogP contribution in [-0.4, -0.2) is 52.2 Å². The Morgan fingerprint density at radius 3 is 2.16 bits per heavy atom. The first kappa shape index (κ1) is 11.8. The van der Waals surface area contributed by atoms with E-state index in [0.717, 1.165) is 31.9 Å². The second-order valence-electron chi connectivity index (χ2n) is 7.15. The van der Waals surface area contributed by atoms with Crippen LogP contribution < -0.4 is 0 Å². The van der Waals surface area contributed by atoms with Crippen LogP contribution in [-0.2, 0) is 0 Å². The van der Waals surface area contributed by atoms with Crippen LogP contribution in [0.3, 0.4) is 0 Å². The molecule has 4 aliphatic rings. The van der Waals surface area contributed by atoms with Gasteiger partial charge in [0, 0.05) is 43.2 Å². The smallest absolute Gasteiger partial charge is 0.106 e. The zero-order valence-corrected chi connectivity index (χ0v) is 11.6. The molecule has 0 atom stereocenters. The lowest BCUT2D eigenvalue weighted by molar-refractivity contribution is -0.254. The molecular weight excluding hydrogens is 238 g/mol. The molecule has 0 radical (unpaired) electrons. The van der Waals surface area contributed by atoms with Crippen molar-refractivity contribution in [3.8, 4) is 0 Å². The molecule has 0 aromatic carbocycles. The summed E-state index contributed by atoms with van der Waals surface area (Å²) in [6, 6.07) is 6.15. The fourth-order valence-corrected chi connectivity index (χ4v) is 4.73. The minimum absolute atomic E-state index is 0.0104. The average molecular weight is 259 g/mol. The van der Waals surface area contributed by atoms with Crippen LogP contribution in [0.5, 0.6) is 0 Å². The highest BCUT2D eigenvalue weighted by atomic mass is 16.3. The summed E-state index contributed by atoms with van der Waals surface area (Å²) in [7, 11) is 0. The second kappa shape index (κ2) is 3.57. The van der Waals surface area contributed by atoms with Crippen molar-refractivity contribution in [2.45, 2.75) is 26.1 Å². The van der Waals surface area contributed by atoms with E-state index in [9.17, 15) is 5.11 Å². The molecule has 0 aliphatic carbocycles. The SMILES string of the molecule is CC12CN3CC(C)(CN(C1)C3c1ccccn1)C2O. The highest BCUT2D eigenvalue weighted by molar-refractivity contribution is 5.19. The number of aromatic nitrogens is 1. The van der Waals surface area contributed by atoms with Crippen LogP contribution >= 0.6 is 0 Å². The largest absolute Gasteiger partial charge is 0.392 e. The average Bonchev–Trinajstić information content (AvgIpc) is 2.36. The van der Waals surface area contributed by atoms with Gasteiger partial charge in [0.05, 0.1) is 11.8 Å². The van der Waals surface area contributed by atoms with Crippen molar-refractivity contribution >= 4 is 0 Å². The monoisotopic (exact) mass is 259 g/mol. The van der Waals surface area contributed by atoms with E-state index in [1.54, 1.807) is 0 Å². The maximum atomic E-state index is 10.6. The van der Waals surface area contributed by atoms with Gasteiger partial charge in [0.2, 0.25) is 0 Å². The molecule has 5 rings (SSSR count). The van der Waals surface area contributed by atoms with E-state index in [1.165, 1.54) is 0 Å². The van der Waals surface area contributed by atoms with Gasteiger partial charge in [-0.15, -0.1) is 0 Å². The maximum Gasteiger partial charge on any atom is 0.106 e. The van der Waals surface area contributed by atoms with Gasteiger partial charge < -0.3 is 5.11 Å². The molecule has 4 saturated heterocycles. The van der Waals surface area contributed by atoms with E-state index in [-0.39, 0.29) is 16.9 Å². The summed E-state index contributed by atoms with van der Waals surface area (Å²) < 4.78 is 0. The number of nitrogens with zero attached hydrogens (tertiary/aromatic N) is 3. The number of aliphatic hydroxyl groups is 1. The summed E-state index contributed by atoms with van der Waals surface area (Å²) in [5.41, 5.74) is 1.16. The van der Waals surface area contributed by atoms with Crippen molar-refractivity contribution in [1.29, 1.82) is 0 Å². The Morgan fingerprint density at radius 2 is 1.68 bits per heavy atom. The van der Waals surface area contributed by atoms with Crippen molar-refractivity contribution < 1.29 is 5.11 Å². The lowest BCUT2D eigenvalue weighted by Gasteiger charge is -2.67. The normalized spacial score (nSPS) is 51.5. The molecule has 19 heavy (non-hydrogen) atoms. The quantitative estimate of drug-likeness (QED) is 0.820. The number of pyridine rings is 1. The summed E-state index contributed by atoms with van der Waals surface area (Å²) in [5.74, 6) is 0. The maximum absolute atomic E-state index is 10.6. The van der Waals surface area contributed by atoms with Gasteiger partial charge in [0.15, 0.2) is 0 Å². The fourth-order valence-electron chi connectivity index (χ4n) is 4.73. The summed E-state index contributed by atoms with van der Waals surface area (Å²) in [4.78, 5) is 9.55. The van der Waals surface area contributed by atoms with Crippen LogP contribution in [0.4, 0.5) is 0 Å². The van der Waals surface area contributed by atoms with Gasteiger partial charge in [-0.25, -0.2) is 0 Å². The van der Waals surface area contributed by atoms with Gasteiger partial charge in [-0.1, -0.05) is 19.9 Å². The molecule has 102 valence electrons. The van der Waals surface area contributed by atoms with E-state index < -0.39 is 0 Å². The highest BCUT2D eigenvalue weighted by Crippen LogP contribution is 2.53. The molecule has 1 aromatic rings. The van der Waals surface area contributed by atoms with E-state index in [4.69, 9.17) is 0 Å². The van der Waals surface area contributed by atoms with Crippen LogP contribution in [0.2, 0.25) is 0 Å². The molecule has 4 aliphatic heterocycles. The van der Waals surface area contributed by atoms with Crippen molar-refractivity contribution in [2.24, 2.45) is 10.8 Å². The molecule has 0 amide bonds. The molecule has 0 unspecified atom stereocenters. The van der Waals surface area contributed by atoms with Gasteiger partial charge in [-0.05, 0) is 12.1 Å². The number of piperidine rings is 2. The van der Waals surface area contributed by atoms with Crippen molar-refractivity contribution in [2.75, 3.05) is 26.2 Å². The first-order valence-electron chi connectivity index (χ1n) is 7.09. The van der Waals surface area contributed by atoms with Gasteiger partial charge >= 0.3 is 0 Å². The lowest BCUT2D eigenvalue weighted by atomic mass is 9.60. The van der Waals surface area contributed by atoms with Crippen LogP contribution in [0.25, 0.3) is 0 Å².